The Labute approximate surface area is 96.8 Å². The Morgan fingerprint density at radius 2 is 2.12 bits per heavy atom. The molecule has 1 N–H and O–H groups in total. The lowest BCUT2D eigenvalue weighted by Crippen LogP contribution is -2.17. The first-order valence-corrected chi connectivity index (χ1v) is 7.32. The Morgan fingerprint density at radius 1 is 1.50 bits per heavy atom. The van der Waals surface area contributed by atoms with Crippen molar-refractivity contribution >= 4 is 15.8 Å². The van der Waals surface area contributed by atoms with Gasteiger partial charge in [0, 0.05) is 25.0 Å². The van der Waals surface area contributed by atoms with Crippen molar-refractivity contribution in [3.8, 4) is 0 Å². The highest BCUT2D eigenvalue weighted by atomic mass is 32.2. The second-order valence-corrected chi connectivity index (χ2v) is 6.59. The van der Waals surface area contributed by atoms with Gasteiger partial charge in [0.15, 0.2) is 0 Å². The number of sulfone groups is 1. The Hall–Kier alpha value is -1.04. The minimum Gasteiger partial charge on any atom is -0.353 e. The number of hydrogen-bond donors (Lipinski definition) is 1. The second kappa shape index (κ2) is 4.86. The molecule has 0 aliphatic heterocycles. The molecule has 0 amide bonds. The van der Waals surface area contributed by atoms with Gasteiger partial charge in [-0.15, -0.1) is 0 Å². The molecule has 5 nitrogen and oxygen atoms in total. The van der Waals surface area contributed by atoms with Crippen molar-refractivity contribution in [2.45, 2.75) is 33.4 Å². The van der Waals surface area contributed by atoms with Gasteiger partial charge in [0.25, 0.3) is 0 Å². The SMILES string of the molecule is Cc1cn(CCS(C)(=O)=O)c(NC(C)C)n1. The third-order valence-corrected chi connectivity index (χ3v) is 2.94. The summed E-state index contributed by atoms with van der Waals surface area (Å²) < 4.78 is 24.0. The van der Waals surface area contributed by atoms with E-state index in [1.165, 1.54) is 6.26 Å². The standard InChI is InChI=1S/C10H19N3O2S/c1-8(2)11-10-12-9(3)7-13(10)5-6-16(4,14)15/h7-8H,5-6H2,1-4H3,(H,11,12). The fraction of sp³-hybridized carbons (Fsp3) is 0.700. The molecule has 0 aliphatic carbocycles. The largest absolute Gasteiger partial charge is 0.353 e. The molecule has 1 heterocycles. The zero-order chi connectivity index (χ0) is 12.3. The molecule has 1 aromatic rings. The van der Waals surface area contributed by atoms with Crippen LogP contribution in [0.2, 0.25) is 0 Å². The molecule has 0 spiro atoms. The molecule has 0 radical (unpaired) electrons. The van der Waals surface area contributed by atoms with Gasteiger partial charge in [-0.1, -0.05) is 0 Å². The predicted octanol–water partition coefficient (Wildman–Crippen LogP) is 1.06. The van der Waals surface area contributed by atoms with Gasteiger partial charge in [0.1, 0.15) is 9.84 Å². The number of hydrogen-bond acceptors (Lipinski definition) is 4. The molecular weight excluding hydrogens is 226 g/mol. The molecule has 0 atom stereocenters. The van der Waals surface area contributed by atoms with E-state index in [1.54, 1.807) is 0 Å². The molecule has 92 valence electrons. The van der Waals surface area contributed by atoms with E-state index in [4.69, 9.17) is 0 Å². The molecule has 0 fully saturated rings. The summed E-state index contributed by atoms with van der Waals surface area (Å²) in [5.41, 5.74) is 0.886. The van der Waals surface area contributed by atoms with Crippen molar-refractivity contribution < 1.29 is 8.42 Å². The van der Waals surface area contributed by atoms with Crippen LogP contribution in [0, 0.1) is 6.92 Å². The summed E-state index contributed by atoms with van der Waals surface area (Å²) in [4.78, 5) is 4.31. The van der Waals surface area contributed by atoms with Crippen LogP contribution >= 0.6 is 0 Å². The minimum absolute atomic E-state index is 0.134. The lowest BCUT2D eigenvalue weighted by molar-refractivity contribution is 0.595. The number of nitrogens with one attached hydrogen (secondary N) is 1. The van der Waals surface area contributed by atoms with Crippen LogP contribution in [0.25, 0.3) is 0 Å². The van der Waals surface area contributed by atoms with Crippen LogP contribution in [-0.4, -0.2) is 36.0 Å². The summed E-state index contributed by atoms with van der Waals surface area (Å²) in [5, 5.41) is 3.19. The van der Waals surface area contributed by atoms with Crippen molar-refractivity contribution in [2.24, 2.45) is 0 Å². The van der Waals surface area contributed by atoms with Gasteiger partial charge in [-0.3, -0.25) is 0 Å². The van der Waals surface area contributed by atoms with Gasteiger partial charge in [0.05, 0.1) is 11.4 Å². The van der Waals surface area contributed by atoms with Gasteiger partial charge in [-0.2, -0.15) is 0 Å². The topological polar surface area (TPSA) is 64.0 Å². The maximum atomic E-state index is 11.1. The van der Waals surface area contributed by atoms with E-state index in [9.17, 15) is 8.42 Å². The number of aromatic nitrogens is 2. The Bertz CT molecular complexity index is 449. The number of anilines is 1. The molecular formula is C10H19N3O2S. The fourth-order valence-electron chi connectivity index (χ4n) is 1.35. The quantitative estimate of drug-likeness (QED) is 0.842. The monoisotopic (exact) mass is 245 g/mol. The van der Waals surface area contributed by atoms with Crippen LogP contribution in [0.4, 0.5) is 5.95 Å². The third-order valence-electron chi connectivity index (χ3n) is 2.02. The smallest absolute Gasteiger partial charge is 0.203 e. The fourth-order valence-corrected chi connectivity index (χ4v) is 1.88. The summed E-state index contributed by atoms with van der Waals surface area (Å²) >= 11 is 0. The highest BCUT2D eigenvalue weighted by Gasteiger charge is 2.09. The number of imidazole rings is 1. The molecule has 0 aliphatic rings. The van der Waals surface area contributed by atoms with Gasteiger partial charge in [-0.25, -0.2) is 13.4 Å². The molecule has 1 aromatic heterocycles. The van der Waals surface area contributed by atoms with Crippen LogP contribution in [0.1, 0.15) is 19.5 Å². The number of rotatable bonds is 5. The van der Waals surface area contributed by atoms with Crippen LogP contribution < -0.4 is 5.32 Å². The highest BCUT2D eigenvalue weighted by Crippen LogP contribution is 2.09. The van der Waals surface area contributed by atoms with Crippen molar-refractivity contribution in [2.75, 3.05) is 17.3 Å². The first kappa shape index (κ1) is 13.0. The van der Waals surface area contributed by atoms with E-state index < -0.39 is 9.84 Å². The van der Waals surface area contributed by atoms with Gasteiger partial charge in [-0.05, 0) is 20.8 Å². The molecule has 0 saturated heterocycles. The van der Waals surface area contributed by atoms with Crippen LogP contribution in [-0.2, 0) is 16.4 Å². The van der Waals surface area contributed by atoms with Gasteiger partial charge >= 0.3 is 0 Å². The Morgan fingerprint density at radius 3 is 2.62 bits per heavy atom. The van der Waals surface area contributed by atoms with Crippen LogP contribution in [0.15, 0.2) is 6.20 Å². The molecule has 6 heteroatoms. The molecule has 16 heavy (non-hydrogen) atoms. The summed E-state index contributed by atoms with van der Waals surface area (Å²) in [6.45, 7) is 6.37. The van der Waals surface area contributed by atoms with E-state index >= 15 is 0 Å². The normalized spacial score (nSPS) is 12.1. The zero-order valence-electron chi connectivity index (χ0n) is 10.2. The van der Waals surface area contributed by atoms with E-state index in [2.05, 4.69) is 10.3 Å². The van der Waals surface area contributed by atoms with Crippen molar-refractivity contribution in [1.29, 1.82) is 0 Å². The van der Waals surface area contributed by atoms with Crippen molar-refractivity contribution in [3.05, 3.63) is 11.9 Å². The minimum atomic E-state index is -2.93. The maximum Gasteiger partial charge on any atom is 0.203 e. The summed E-state index contributed by atoms with van der Waals surface area (Å²) in [6.07, 6.45) is 3.10. The Balaban J connectivity index is 2.78. The van der Waals surface area contributed by atoms with Crippen LogP contribution in [0.3, 0.4) is 0 Å². The molecule has 1 rings (SSSR count). The third kappa shape index (κ3) is 4.22. The highest BCUT2D eigenvalue weighted by molar-refractivity contribution is 7.90. The van der Waals surface area contributed by atoms with Gasteiger partial charge < -0.3 is 9.88 Å². The first-order valence-electron chi connectivity index (χ1n) is 5.26. The van der Waals surface area contributed by atoms with E-state index in [0.29, 0.717) is 6.54 Å². The van der Waals surface area contributed by atoms with E-state index in [-0.39, 0.29) is 11.8 Å². The average Bonchev–Trinajstić information content (AvgIpc) is 2.40. The van der Waals surface area contributed by atoms with Crippen LogP contribution in [0.5, 0.6) is 0 Å². The maximum absolute atomic E-state index is 11.1. The first-order chi connectivity index (χ1) is 7.28. The predicted molar refractivity (Wildman–Crippen MR) is 65.4 cm³/mol. The summed E-state index contributed by atoms with van der Waals surface area (Å²) in [7, 11) is -2.93. The van der Waals surface area contributed by atoms with Crippen molar-refractivity contribution in [3.63, 3.8) is 0 Å². The average molecular weight is 245 g/mol. The molecule has 0 bridgehead atoms. The lowest BCUT2D eigenvalue weighted by Gasteiger charge is -2.11. The number of nitrogens with zero attached hydrogens (tertiary/aromatic N) is 2. The Kier molecular flexibility index (Phi) is 3.96. The second-order valence-electron chi connectivity index (χ2n) is 4.33. The lowest BCUT2D eigenvalue weighted by atomic mass is 10.4. The van der Waals surface area contributed by atoms with Gasteiger partial charge in [0.2, 0.25) is 5.95 Å². The molecule has 0 aromatic carbocycles. The van der Waals surface area contributed by atoms with E-state index in [1.807, 2.05) is 31.5 Å². The molecule has 0 saturated carbocycles. The van der Waals surface area contributed by atoms with E-state index in [0.717, 1.165) is 11.6 Å². The summed E-state index contributed by atoms with van der Waals surface area (Å²) in [5.74, 6) is 0.867. The zero-order valence-corrected chi connectivity index (χ0v) is 11.0. The number of aryl methyl sites for hydroxylation is 2. The van der Waals surface area contributed by atoms with Crippen molar-refractivity contribution in [1.82, 2.24) is 9.55 Å². The summed E-state index contributed by atoms with van der Waals surface area (Å²) in [6, 6.07) is 0.277. The molecule has 0 unspecified atom stereocenters.